The Bertz CT molecular complexity index is 697. The molecule has 0 radical (unpaired) electrons. The topological polar surface area (TPSA) is 29.0 Å². The van der Waals surface area contributed by atoms with Gasteiger partial charge in [0.05, 0.1) is 11.6 Å². The molecular formula is C16H16ClN3S. The van der Waals surface area contributed by atoms with Crippen LogP contribution in [0.25, 0.3) is 6.08 Å². The fraction of sp³-hybridized carbons (Fsp3) is 0.250. The summed E-state index contributed by atoms with van der Waals surface area (Å²) in [5.74, 6) is 0.882. The highest BCUT2D eigenvalue weighted by Crippen LogP contribution is 2.37. The molecule has 2 heterocycles. The number of halogens is 1. The van der Waals surface area contributed by atoms with Crippen molar-refractivity contribution in [3.8, 4) is 0 Å². The molecule has 5 heteroatoms. The van der Waals surface area contributed by atoms with Crippen LogP contribution >= 0.6 is 23.4 Å². The van der Waals surface area contributed by atoms with Gasteiger partial charge in [0.1, 0.15) is 11.0 Å². The summed E-state index contributed by atoms with van der Waals surface area (Å²) in [6.45, 7) is 2.09. The minimum atomic E-state index is 0.166. The molecule has 1 aromatic heterocycles. The van der Waals surface area contributed by atoms with Crippen LogP contribution in [0.3, 0.4) is 0 Å². The first-order valence-corrected chi connectivity index (χ1v) is 8.29. The van der Waals surface area contributed by atoms with E-state index in [0.717, 1.165) is 11.4 Å². The molecule has 2 aromatic rings. The second-order valence-corrected chi connectivity index (χ2v) is 6.20. The summed E-state index contributed by atoms with van der Waals surface area (Å²) in [6, 6.07) is 8.74. The number of likely N-dealkylation sites (N-methyl/N-ethyl adjacent to an activating group) is 1. The Morgan fingerprint density at radius 2 is 1.90 bits per heavy atom. The van der Waals surface area contributed by atoms with Crippen LogP contribution in [0.2, 0.25) is 5.15 Å². The van der Waals surface area contributed by atoms with E-state index in [9.17, 15) is 0 Å². The number of thioether (sulfide) groups is 1. The lowest BCUT2D eigenvalue weighted by Crippen LogP contribution is -2.27. The van der Waals surface area contributed by atoms with E-state index in [2.05, 4.69) is 52.1 Å². The van der Waals surface area contributed by atoms with Crippen LogP contribution in [0.15, 0.2) is 35.5 Å². The standard InChI is InChI=1S/C16H16ClN3S/c1-10-4-6-11(7-5-10)13-9-8-12-14(17)18-16(21-3)19-15(12)20(13)2/h4-9,13H,1-3H3. The van der Waals surface area contributed by atoms with Gasteiger partial charge in [-0.05, 0) is 24.8 Å². The summed E-state index contributed by atoms with van der Waals surface area (Å²) in [5, 5.41) is 1.21. The van der Waals surface area contributed by atoms with E-state index in [-0.39, 0.29) is 6.04 Å². The summed E-state index contributed by atoms with van der Waals surface area (Å²) in [5.41, 5.74) is 3.39. The lowest BCUT2D eigenvalue weighted by molar-refractivity contribution is 0.769. The molecule has 3 rings (SSSR count). The van der Waals surface area contributed by atoms with E-state index in [0.29, 0.717) is 10.3 Å². The van der Waals surface area contributed by atoms with Gasteiger partial charge in [-0.3, -0.25) is 0 Å². The molecule has 1 aromatic carbocycles. The summed E-state index contributed by atoms with van der Waals surface area (Å²) in [4.78, 5) is 11.0. The highest BCUT2D eigenvalue weighted by atomic mass is 35.5. The smallest absolute Gasteiger partial charge is 0.190 e. The van der Waals surface area contributed by atoms with Gasteiger partial charge >= 0.3 is 0 Å². The van der Waals surface area contributed by atoms with Gasteiger partial charge in [0.2, 0.25) is 0 Å². The molecular weight excluding hydrogens is 302 g/mol. The second-order valence-electron chi connectivity index (χ2n) is 5.06. The normalized spacial score (nSPS) is 17.0. The van der Waals surface area contributed by atoms with E-state index >= 15 is 0 Å². The lowest BCUT2D eigenvalue weighted by Gasteiger charge is -2.32. The summed E-state index contributed by atoms with van der Waals surface area (Å²) < 4.78 is 0. The highest BCUT2D eigenvalue weighted by molar-refractivity contribution is 7.98. The maximum Gasteiger partial charge on any atom is 0.190 e. The molecule has 1 aliphatic rings. The highest BCUT2D eigenvalue weighted by Gasteiger charge is 2.24. The van der Waals surface area contributed by atoms with Crippen LogP contribution in [-0.2, 0) is 0 Å². The van der Waals surface area contributed by atoms with Crippen LogP contribution in [0, 0.1) is 6.92 Å². The van der Waals surface area contributed by atoms with Crippen molar-refractivity contribution in [1.82, 2.24) is 9.97 Å². The van der Waals surface area contributed by atoms with Crippen LogP contribution in [0.1, 0.15) is 22.7 Å². The third-order valence-electron chi connectivity index (χ3n) is 3.66. The zero-order chi connectivity index (χ0) is 15.0. The van der Waals surface area contributed by atoms with E-state index in [4.69, 9.17) is 11.6 Å². The number of aryl methyl sites for hydroxylation is 1. The quantitative estimate of drug-likeness (QED) is 0.467. The zero-order valence-corrected chi connectivity index (χ0v) is 13.7. The van der Waals surface area contributed by atoms with Gasteiger partial charge in [-0.1, -0.05) is 59.3 Å². The Hall–Kier alpha value is -1.52. The Morgan fingerprint density at radius 1 is 1.19 bits per heavy atom. The maximum atomic E-state index is 6.26. The molecule has 1 aliphatic heterocycles. The van der Waals surface area contributed by atoms with Crippen molar-refractivity contribution < 1.29 is 0 Å². The lowest BCUT2D eigenvalue weighted by atomic mass is 10.00. The number of hydrogen-bond donors (Lipinski definition) is 0. The SMILES string of the molecule is CSc1nc(Cl)c2c(n1)N(C)C(c1ccc(C)cc1)C=C2. The average Bonchev–Trinajstić information content (AvgIpc) is 2.49. The van der Waals surface area contributed by atoms with E-state index in [1.54, 1.807) is 0 Å². The summed E-state index contributed by atoms with van der Waals surface area (Å²) in [7, 11) is 2.04. The molecule has 0 saturated heterocycles. The predicted octanol–water partition coefficient (Wildman–Crippen LogP) is 4.36. The first-order valence-electron chi connectivity index (χ1n) is 6.69. The van der Waals surface area contributed by atoms with Crippen molar-refractivity contribution in [2.45, 2.75) is 18.1 Å². The number of aromatic nitrogens is 2. The number of nitrogens with zero attached hydrogens (tertiary/aromatic N) is 3. The molecule has 21 heavy (non-hydrogen) atoms. The number of anilines is 1. The monoisotopic (exact) mass is 317 g/mol. The third kappa shape index (κ3) is 2.65. The molecule has 0 spiro atoms. The van der Waals surface area contributed by atoms with Gasteiger partial charge in [-0.2, -0.15) is 0 Å². The van der Waals surface area contributed by atoms with E-state index in [1.165, 1.54) is 22.9 Å². The molecule has 3 nitrogen and oxygen atoms in total. The van der Waals surface area contributed by atoms with Crippen molar-refractivity contribution in [3.05, 3.63) is 52.2 Å². The van der Waals surface area contributed by atoms with E-state index in [1.807, 2.05) is 19.4 Å². The first kappa shape index (κ1) is 14.4. The Labute approximate surface area is 134 Å². The fourth-order valence-electron chi connectivity index (χ4n) is 2.46. The minimum Gasteiger partial charge on any atom is -0.348 e. The molecule has 0 fully saturated rings. The first-order chi connectivity index (χ1) is 10.1. The van der Waals surface area contributed by atoms with Gasteiger partial charge in [0, 0.05) is 7.05 Å². The van der Waals surface area contributed by atoms with Gasteiger partial charge in [0.15, 0.2) is 5.16 Å². The molecule has 108 valence electrons. The fourth-order valence-corrected chi connectivity index (χ4v) is 3.10. The number of benzene rings is 1. The largest absolute Gasteiger partial charge is 0.348 e. The predicted molar refractivity (Wildman–Crippen MR) is 90.2 cm³/mol. The Kier molecular flexibility index (Phi) is 3.91. The van der Waals surface area contributed by atoms with E-state index < -0.39 is 0 Å². The van der Waals surface area contributed by atoms with Crippen LogP contribution in [-0.4, -0.2) is 23.3 Å². The molecule has 0 bridgehead atoms. The van der Waals surface area contributed by atoms with Crippen molar-refractivity contribution in [3.63, 3.8) is 0 Å². The van der Waals surface area contributed by atoms with Crippen molar-refractivity contribution in [2.24, 2.45) is 0 Å². The van der Waals surface area contributed by atoms with Crippen molar-refractivity contribution in [2.75, 3.05) is 18.2 Å². The third-order valence-corrected chi connectivity index (χ3v) is 4.49. The van der Waals surface area contributed by atoms with Crippen LogP contribution in [0.5, 0.6) is 0 Å². The second kappa shape index (κ2) is 5.70. The minimum absolute atomic E-state index is 0.166. The molecule has 1 atom stereocenters. The van der Waals surface area contributed by atoms with Gasteiger partial charge in [-0.15, -0.1) is 0 Å². The number of fused-ring (bicyclic) bond motifs is 1. The van der Waals surface area contributed by atoms with Crippen LogP contribution in [0.4, 0.5) is 5.82 Å². The van der Waals surface area contributed by atoms with Crippen molar-refractivity contribution >= 4 is 35.3 Å². The zero-order valence-electron chi connectivity index (χ0n) is 12.2. The maximum absolute atomic E-state index is 6.26. The van der Waals surface area contributed by atoms with Crippen LogP contribution < -0.4 is 4.90 Å². The molecule has 0 N–H and O–H groups in total. The molecule has 0 amide bonds. The Balaban J connectivity index is 2.04. The van der Waals surface area contributed by atoms with Crippen molar-refractivity contribution in [1.29, 1.82) is 0 Å². The molecule has 0 saturated carbocycles. The molecule has 0 aliphatic carbocycles. The van der Waals surface area contributed by atoms with Gasteiger partial charge < -0.3 is 4.90 Å². The van der Waals surface area contributed by atoms with Gasteiger partial charge in [0.25, 0.3) is 0 Å². The average molecular weight is 318 g/mol. The Morgan fingerprint density at radius 3 is 2.57 bits per heavy atom. The summed E-state index contributed by atoms with van der Waals surface area (Å²) >= 11 is 7.76. The molecule has 1 unspecified atom stereocenters. The van der Waals surface area contributed by atoms with Gasteiger partial charge in [-0.25, -0.2) is 9.97 Å². The summed E-state index contributed by atoms with van der Waals surface area (Å²) in [6.07, 6.45) is 6.11. The number of hydrogen-bond acceptors (Lipinski definition) is 4. The number of rotatable bonds is 2.